The fraction of sp³-hybridized carbons (Fsp3) is 0.714. The third kappa shape index (κ3) is 6.39. The maximum atomic E-state index is 13.1. The van der Waals surface area contributed by atoms with Crippen LogP contribution in [-0.2, 0) is 9.26 Å². The lowest BCUT2D eigenvalue weighted by Gasteiger charge is -2.45. The summed E-state index contributed by atoms with van der Waals surface area (Å²) in [6.07, 6.45) is 3.78. The van der Waals surface area contributed by atoms with E-state index in [9.17, 15) is 14.9 Å². The van der Waals surface area contributed by atoms with Crippen LogP contribution in [0.2, 0.25) is 18.1 Å². The molecule has 31 heavy (non-hydrogen) atoms. The van der Waals surface area contributed by atoms with Crippen molar-refractivity contribution >= 4 is 25.8 Å². The molecule has 0 radical (unpaired) electrons. The number of aromatic nitrogens is 1. The molecule has 174 valence electrons. The first-order valence-electron chi connectivity index (χ1n) is 10.7. The van der Waals surface area contributed by atoms with E-state index in [1.165, 1.54) is 11.3 Å². The molecule has 0 spiro atoms. The van der Waals surface area contributed by atoms with Gasteiger partial charge in [0.15, 0.2) is 0 Å². The topological polar surface area (TPSA) is 98.0 Å². The molecule has 0 N–H and O–H groups in total. The molecule has 0 saturated carbocycles. The molecular weight excluding hydrogens is 416 g/mol. The van der Waals surface area contributed by atoms with Crippen molar-refractivity contribution in [3.05, 3.63) is 28.6 Å². The molecule has 2 heterocycles. The van der Waals surface area contributed by atoms with Gasteiger partial charge in [0.05, 0.1) is 11.0 Å². The van der Waals surface area contributed by atoms with Crippen LogP contribution in [0, 0.1) is 10.1 Å². The van der Waals surface area contributed by atoms with Crippen molar-refractivity contribution < 1.29 is 19.0 Å². The molecule has 0 aromatic carbocycles. The summed E-state index contributed by atoms with van der Waals surface area (Å²) in [5, 5.41) is 12.8. The highest BCUT2D eigenvalue weighted by Crippen LogP contribution is 2.39. The van der Waals surface area contributed by atoms with E-state index in [4.69, 9.17) is 9.26 Å². The predicted octanol–water partition coefficient (Wildman–Crippen LogP) is 5.13. The minimum absolute atomic E-state index is 0.0442. The Morgan fingerprint density at radius 3 is 2.48 bits per heavy atom. The molecule has 10 heteroatoms. The normalized spacial score (nSPS) is 17.9. The molecule has 1 saturated heterocycles. The Labute approximate surface area is 186 Å². The summed E-state index contributed by atoms with van der Waals surface area (Å²) in [4.78, 5) is 30.0. The van der Waals surface area contributed by atoms with Crippen LogP contribution in [0.4, 0.5) is 16.2 Å². The second kappa shape index (κ2) is 9.11. The number of hydrogen-bond donors (Lipinski definition) is 0. The van der Waals surface area contributed by atoms with Crippen molar-refractivity contribution in [1.29, 1.82) is 0 Å². The zero-order valence-electron chi connectivity index (χ0n) is 20.0. The van der Waals surface area contributed by atoms with E-state index < -0.39 is 24.9 Å². The van der Waals surface area contributed by atoms with Gasteiger partial charge in [-0.05, 0) is 57.8 Å². The Morgan fingerprint density at radius 2 is 1.94 bits per heavy atom. The molecule has 1 unspecified atom stereocenters. The van der Waals surface area contributed by atoms with Gasteiger partial charge in [0.25, 0.3) is 0 Å². The van der Waals surface area contributed by atoms with E-state index in [1.807, 2.05) is 25.7 Å². The van der Waals surface area contributed by atoms with Gasteiger partial charge in [-0.2, -0.15) is 5.06 Å². The zero-order chi connectivity index (χ0) is 23.6. The van der Waals surface area contributed by atoms with Gasteiger partial charge in [0, 0.05) is 19.3 Å². The number of pyridine rings is 1. The molecule has 1 atom stereocenters. The van der Waals surface area contributed by atoms with Crippen LogP contribution in [0.15, 0.2) is 18.5 Å². The van der Waals surface area contributed by atoms with Crippen LogP contribution >= 0.6 is 0 Å². The maximum absolute atomic E-state index is 13.1. The van der Waals surface area contributed by atoms with Gasteiger partial charge < -0.3 is 14.2 Å². The number of piperidine rings is 1. The van der Waals surface area contributed by atoms with Crippen LogP contribution in [-0.4, -0.2) is 54.1 Å². The Hall–Kier alpha value is -2.20. The molecule has 1 aromatic heterocycles. The second-order valence-electron chi connectivity index (χ2n) is 10.5. The first-order chi connectivity index (χ1) is 14.1. The number of nitrogens with zero attached hydrogens (tertiary/aromatic N) is 4. The summed E-state index contributed by atoms with van der Waals surface area (Å²) in [5.41, 5.74) is -0.205. The van der Waals surface area contributed by atoms with E-state index in [2.05, 4.69) is 38.8 Å². The van der Waals surface area contributed by atoms with E-state index in [-0.39, 0.29) is 16.8 Å². The Morgan fingerprint density at radius 1 is 1.29 bits per heavy atom. The maximum Gasteiger partial charge on any atom is 0.433 e. The fourth-order valence-corrected chi connectivity index (χ4v) is 4.09. The number of carbonyl (C=O) groups excluding carboxylic acids is 1. The standard InChI is InChI=1S/C21H36N4O5Si/c1-20(2,3)29-19(26)24(30-31(7,8)21(4,5)6)16-10-9-13-23(15-16)17-11-12-22-14-18(17)25(27)28/h11-12,14,16H,9-10,13,15H2,1-8H3. The van der Waals surface area contributed by atoms with Crippen LogP contribution in [0.25, 0.3) is 0 Å². The Balaban J connectivity index is 2.35. The predicted molar refractivity (Wildman–Crippen MR) is 122 cm³/mol. The van der Waals surface area contributed by atoms with Crippen LogP contribution in [0.5, 0.6) is 0 Å². The smallest absolute Gasteiger partial charge is 0.433 e. The van der Waals surface area contributed by atoms with E-state index in [0.29, 0.717) is 18.8 Å². The van der Waals surface area contributed by atoms with Crippen molar-refractivity contribution in [2.75, 3.05) is 18.0 Å². The molecule has 2 rings (SSSR count). The summed E-state index contributed by atoms with van der Waals surface area (Å²) in [6, 6.07) is 1.36. The minimum atomic E-state index is -2.33. The van der Waals surface area contributed by atoms with Crippen molar-refractivity contribution in [2.24, 2.45) is 0 Å². The number of carbonyl (C=O) groups is 1. The Bertz CT molecular complexity index is 804. The molecule has 1 fully saturated rings. The number of anilines is 1. The van der Waals surface area contributed by atoms with Crippen LogP contribution in [0.3, 0.4) is 0 Å². The molecule has 1 amide bonds. The van der Waals surface area contributed by atoms with Crippen molar-refractivity contribution in [3.63, 3.8) is 0 Å². The largest absolute Gasteiger partial charge is 0.442 e. The monoisotopic (exact) mass is 452 g/mol. The summed E-state index contributed by atoms with van der Waals surface area (Å²) in [7, 11) is -2.33. The lowest BCUT2D eigenvalue weighted by atomic mass is 10.0. The number of nitro groups is 1. The second-order valence-corrected chi connectivity index (χ2v) is 15.2. The first-order valence-corrected chi connectivity index (χ1v) is 13.6. The van der Waals surface area contributed by atoms with E-state index in [0.717, 1.165) is 12.8 Å². The first kappa shape index (κ1) is 25.1. The van der Waals surface area contributed by atoms with E-state index in [1.54, 1.807) is 12.3 Å². The third-order valence-corrected chi connectivity index (χ3v) is 10.0. The van der Waals surface area contributed by atoms with Crippen LogP contribution in [0.1, 0.15) is 54.4 Å². The molecule has 9 nitrogen and oxygen atoms in total. The average molecular weight is 453 g/mol. The molecule has 1 aliphatic heterocycles. The van der Waals surface area contributed by atoms with Crippen LogP contribution < -0.4 is 4.90 Å². The number of hydroxylamine groups is 2. The molecule has 1 aromatic rings. The highest BCUT2D eigenvalue weighted by atomic mass is 28.4. The summed E-state index contributed by atoms with van der Waals surface area (Å²) in [6.45, 7) is 17.0. The third-order valence-electron chi connectivity index (χ3n) is 5.75. The fourth-order valence-electron chi connectivity index (χ4n) is 3.10. The SMILES string of the molecule is CC(C)(C)OC(=O)N(O[Si](C)(C)C(C)(C)C)C1CCCN(c2ccncc2[N+](=O)[O-])C1. The Kier molecular flexibility index (Phi) is 7.37. The average Bonchev–Trinajstić information content (AvgIpc) is 2.64. The lowest BCUT2D eigenvalue weighted by Crippen LogP contribution is -2.57. The highest BCUT2D eigenvalue weighted by Gasteiger charge is 2.44. The van der Waals surface area contributed by atoms with Gasteiger partial charge in [-0.25, -0.2) is 4.79 Å². The quantitative estimate of drug-likeness (QED) is 0.347. The number of rotatable bonds is 5. The molecule has 0 bridgehead atoms. The number of ether oxygens (including phenoxy) is 1. The summed E-state index contributed by atoms with van der Waals surface area (Å²) >= 11 is 0. The van der Waals surface area contributed by atoms with Gasteiger partial charge in [0.1, 0.15) is 17.5 Å². The van der Waals surface area contributed by atoms with Gasteiger partial charge in [0.2, 0.25) is 8.32 Å². The van der Waals surface area contributed by atoms with Crippen molar-refractivity contribution in [1.82, 2.24) is 10.0 Å². The number of amides is 1. The van der Waals surface area contributed by atoms with E-state index >= 15 is 0 Å². The molecule has 0 aliphatic carbocycles. The number of hydrogen-bond acceptors (Lipinski definition) is 7. The van der Waals surface area contributed by atoms with Crippen molar-refractivity contribution in [3.8, 4) is 0 Å². The molecule has 1 aliphatic rings. The molecular formula is C21H36N4O5Si. The highest BCUT2D eigenvalue weighted by molar-refractivity contribution is 6.74. The van der Waals surface area contributed by atoms with Crippen molar-refractivity contribution in [2.45, 2.75) is 84.2 Å². The minimum Gasteiger partial charge on any atom is -0.442 e. The van der Waals surface area contributed by atoms with Gasteiger partial charge in [-0.1, -0.05) is 20.8 Å². The van der Waals surface area contributed by atoms with Gasteiger partial charge >= 0.3 is 11.8 Å². The lowest BCUT2D eigenvalue weighted by molar-refractivity contribution is -0.384. The van der Waals surface area contributed by atoms with Gasteiger partial charge in [-0.15, -0.1) is 0 Å². The zero-order valence-corrected chi connectivity index (χ0v) is 21.0. The summed E-state index contributed by atoms with van der Waals surface area (Å²) in [5.74, 6) is 0. The van der Waals surface area contributed by atoms with Gasteiger partial charge in [-0.3, -0.25) is 15.1 Å². The summed E-state index contributed by atoms with van der Waals surface area (Å²) < 4.78 is 12.1.